The van der Waals surface area contributed by atoms with E-state index < -0.39 is 0 Å². The molecule has 0 fully saturated rings. The Morgan fingerprint density at radius 1 is 1.50 bits per heavy atom. The Morgan fingerprint density at radius 2 is 2.17 bits per heavy atom. The molecule has 0 aromatic heterocycles. The van der Waals surface area contributed by atoms with Gasteiger partial charge in [-0.3, -0.25) is 0 Å². The van der Waals surface area contributed by atoms with E-state index in [-0.39, 0.29) is 6.10 Å². The standard InChI is InChI=1S/C10H19NO/c1-5-8-9(11-7-3)10(6-2)12-4/h1,9-11H,6-8H2,2-4H3. The largest absolute Gasteiger partial charge is 0.380 e. The molecule has 0 saturated carbocycles. The van der Waals surface area contributed by atoms with Gasteiger partial charge in [0, 0.05) is 19.6 Å². The molecule has 1 N–H and O–H groups in total. The quantitative estimate of drug-likeness (QED) is 0.607. The molecule has 0 aliphatic rings. The molecule has 0 bridgehead atoms. The lowest BCUT2D eigenvalue weighted by Crippen LogP contribution is -2.40. The van der Waals surface area contributed by atoms with Crippen LogP contribution in [0.4, 0.5) is 0 Å². The molecule has 2 atom stereocenters. The van der Waals surface area contributed by atoms with Crippen molar-refractivity contribution in [2.24, 2.45) is 0 Å². The van der Waals surface area contributed by atoms with Gasteiger partial charge in [0.25, 0.3) is 0 Å². The molecule has 2 unspecified atom stereocenters. The number of terminal acetylenes is 1. The second kappa shape index (κ2) is 7.15. The first-order chi connectivity index (χ1) is 5.79. The fourth-order valence-electron chi connectivity index (χ4n) is 1.34. The Kier molecular flexibility index (Phi) is 6.84. The van der Waals surface area contributed by atoms with Gasteiger partial charge in [-0.1, -0.05) is 13.8 Å². The third kappa shape index (κ3) is 3.75. The summed E-state index contributed by atoms with van der Waals surface area (Å²) in [6.07, 6.45) is 7.23. The van der Waals surface area contributed by atoms with Crippen molar-refractivity contribution in [3.63, 3.8) is 0 Å². The van der Waals surface area contributed by atoms with Crippen molar-refractivity contribution >= 4 is 0 Å². The van der Waals surface area contributed by atoms with E-state index in [1.165, 1.54) is 0 Å². The highest BCUT2D eigenvalue weighted by Crippen LogP contribution is 2.06. The fourth-order valence-corrected chi connectivity index (χ4v) is 1.34. The average molecular weight is 169 g/mol. The lowest BCUT2D eigenvalue weighted by Gasteiger charge is -2.23. The predicted octanol–water partition coefficient (Wildman–Crippen LogP) is 1.41. The van der Waals surface area contributed by atoms with Crippen molar-refractivity contribution in [3.8, 4) is 12.3 Å². The third-order valence-electron chi connectivity index (χ3n) is 1.96. The number of likely N-dealkylation sites (N-methyl/N-ethyl adjacent to an activating group) is 1. The maximum absolute atomic E-state index is 5.31. The molecule has 0 spiro atoms. The van der Waals surface area contributed by atoms with Gasteiger partial charge in [0.05, 0.1) is 6.10 Å². The third-order valence-corrected chi connectivity index (χ3v) is 1.96. The number of hydrogen-bond acceptors (Lipinski definition) is 2. The molecule has 0 aliphatic heterocycles. The van der Waals surface area contributed by atoms with Crippen LogP contribution in [0.25, 0.3) is 0 Å². The summed E-state index contributed by atoms with van der Waals surface area (Å²) in [6.45, 7) is 5.12. The summed E-state index contributed by atoms with van der Waals surface area (Å²) in [7, 11) is 1.73. The summed E-state index contributed by atoms with van der Waals surface area (Å²) in [5, 5.41) is 3.32. The highest BCUT2D eigenvalue weighted by molar-refractivity contribution is 4.92. The van der Waals surface area contributed by atoms with Crippen LogP contribution in [0, 0.1) is 12.3 Å². The van der Waals surface area contributed by atoms with E-state index in [1.807, 2.05) is 0 Å². The molecule has 0 aliphatic carbocycles. The van der Waals surface area contributed by atoms with Gasteiger partial charge in [-0.25, -0.2) is 0 Å². The molecule has 0 aromatic carbocycles. The first-order valence-corrected chi connectivity index (χ1v) is 4.49. The van der Waals surface area contributed by atoms with Crippen molar-refractivity contribution in [2.75, 3.05) is 13.7 Å². The zero-order valence-corrected chi connectivity index (χ0v) is 8.26. The zero-order chi connectivity index (χ0) is 9.40. The van der Waals surface area contributed by atoms with Crippen LogP contribution in [-0.2, 0) is 4.74 Å². The Bertz CT molecular complexity index is 135. The lowest BCUT2D eigenvalue weighted by atomic mass is 10.1. The fraction of sp³-hybridized carbons (Fsp3) is 0.800. The molecule has 2 heteroatoms. The maximum atomic E-state index is 5.31. The molecule has 0 amide bonds. The number of rotatable bonds is 6. The highest BCUT2D eigenvalue weighted by Gasteiger charge is 2.16. The van der Waals surface area contributed by atoms with E-state index in [0.29, 0.717) is 6.04 Å². The highest BCUT2D eigenvalue weighted by atomic mass is 16.5. The van der Waals surface area contributed by atoms with Gasteiger partial charge < -0.3 is 10.1 Å². The van der Waals surface area contributed by atoms with Crippen molar-refractivity contribution in [2.45, 2.75) is 38.8 Å². The first-order valence-electron chi connectivity index (χ1n) is 4.49. The lowest BCUT2D eigenvalue weighted by molar-refractivity contribution is 0.0673. The molecular formula is C10H19NO. The van der Waals surface area contributed by atoms with Crippen molar-refractivity contribution in [1.29, 1.82) is 0 Å². The summed E-state index contributed by atoms with van der Waals surface area (Å²) in [5.74, 6) is 2.66. The molecule has 2 nitrogen and oxygen atoms in total. The van der Waals surface area contributed by atoms with Gasteiger partial charge in [0.1, 0.15) is 0 Å². The van der Waals surface area contributed by atoms with Gasteiger partial charge in [0.2, 0.25) is 0 Å². The van der Waals surface area contributed by atoms with Crippen LogP contribution >= 0.6 is 0 Å². The minimum absolute atomic E-state index is 0.237. The first kappa shape index (κ1) is 11.5. The Morgan fingerprint density at radius 3 is 2.50 bits per heavy atom. The van der Waals surface area contributed by atoms with Crippen LogP contribution in [0.1, 0.15) is 26.7 Å². The number of ether oxygens (including phenoxy) is 1. The predicted molar refractivity (Wildman–Crippen MR) is 52.0 cm³/mol. The SMILES string of the molecule is C#CCC(NCC)C(CC)OC. The Hall–Kier alpha value is -0.520. The molecule has 0 heterocycles. The van der Waals surface area contributed by atoms with Gasteiger partial charge >= 0.3 is 0 Å². The zero-order valence-electron chi connectivity index (χ0n) is 8.26. The second-order valence-electron chi connectivity index (χ2n) is 2.75. The average Bonchev–Trinajstić information content (AvgIpc) is 2.07. The summed E-state index contributed by atoms with van der Waals surface area (Å²) < 4.78 is 5.31. The Labute approximate surface area is 75.7 Å². The van der Waals surface area contributed by atoms with Crippen LogP contribution < -0.4 is 5.32 Å². The topological polar surface area (TPSA) is 21.3 Å². The molecule has 0 aromatic rings. The normalized spacial score (nSPS) is 15.2. The molecule has 0 rings (SSSR count). The Balaban J connectivity index is 3.97. The van der Waals surface area contributed by atoms with Crippen molar-refractivity contribution in [1.82, 2.24) is 5.32 Å². The molecular weight excluding hydrogens is 150 g/mol. The maximum Gasteiger partial charge on any atom is 0.0730 e. The van der Waals surface area contributed by atoms with Crippen LogP contribution in [-0.4, -0.2) is 25.8 Å². The molecule has 0 radical (unpaired) electrons. The van der Waals surface area contributed by atoms with Crippen LogP contribution in [0.2, 0.25) is 0 Å². The van der Waals surface area contributed by atoms with E-state index in [4.69, 9.17) is 11.2 Å². The van der Waals surface area contributed by atoms with Crippen molar-refractivity contribution in [3.05, 3.63) is 0 Å². The molecule has 0 saturated heterocycles. The van der Waals surface area contributed by atoms with E-state index >= 15 is 0 Å². The molecule has 12 heavy (non-hydrogen) atoms. The van der Waals surface area contributed by atoms with E-state index in [0.717, 1.165) is 19.4 Å². The number of methoxy groups -OCH3 is 1. The number of nitrogens with one attached hydrogen (secondary N) is 1. The molecule has 70 valence electrons. The van der Waals surface area contributed by atoms with E-state index in [1.54, 1.807) is 7.11 Å². The van der Waals surface area contributed by atoms with Crippen LogP contribution in [0.15, 0.2) is 0 Å². The van der Waals surface area contributed by atoms with E-state index in [9.17, 15) is 0 Å². The van der Waals surface area contributed by atoms with Gasteiger partial charge in [-0.15, -0.1) is 12.3 Å². The summed E-state index contributed by atoms with van der Waals surface area (Å²) >= 11 is 0. The summed E-state index contributed by atoms with van der Waals surface area (Å²) in [6, 6.07) is 0.301. The van der Waals surface area contributed by atoms with Gasteiger partial charge in [0.15, 0.2) is 0 Å². The minimum Gasteiger partial charge on any atom is -0.380 e. The summed E-state index contributed by atoms with van der Waals surface area (Å²) in [5.41, 5.74) is 0. The monoisotopic (exact) mass is 169 g/mol. The summed E-state index contributed by atoms with van der Waals surface area (Å²) in [4.78, 5) is 0. The van der Waals surface area contributed by atoms with Crippen LogP contribution in [0.5, 0.6) is 0 Å². The minimum atomic E-state index is 0.237. The van der Waals surface area contributed by atoms with Gasteiger partial charge in [-0.2, -0.15) is 0 Å². The van der Waals surface area contributed by atoms with Gasteiger partial charge in [-0.05, 0) is 13.0 Å². The number of hydrogen-bond donors (Lipinski definition) is 1. The second-order valence-corrected chi connectivity index (χ2v) is 2.75. The van der Waals surface area contributed by atoms with Crippen molar-refractivity contribution < 1.29 is 4.74 Å². The smallest absolute Gasteiger partial charge is 0.0730 e. The van der Waals surface area contributed by atoms with Crippen LogP contribution in [0.3, 0.4) is 0 Å². The van der Waals surface area contributed by atoms with E-state index in [2.05, 4.69) is 25.1 Å².